The summed E-state index contributed by atoms with van der Waals surface area (Å²) in [6.45, 7) is 12.1. The predicted molar refractivity (Wildman–Crippen MR) is 134 cm³/mol. The fourth-order valence-electron chi connectivity index (χ4n) is 3.48. The lowest BCUT2D eigenvalue weighted by molar-refractivity contribution is -0.116. The third-order valence-corrected chi connectivity index (χ3v) is 6.12. The Hall–Kier alpha value is -3.39. The van der Waals surface area contributed by atoms with Crippen molar-refractivity contribution in [1.29, 1.82) is 0 Å². The first-order chi connectivity index (χ1) is 15.8. The quantitative estimate of drug-likeness (QED) is 0.357. The summed E-state index contributed by atoms with van der Waals surface area (Å²) in [7, 11) is 0. The number of para-hydroxylation sites is 1. The zero-order valence-corrected chi connectivity index (χ0v) is 20.3. The van der Waals surface area contributed by atoms with Gasteiger partial charge in [0.05, 0.1) is 12.2 Å². The molecule has 2 N–H and O–H groups in total. The normalized spacial score (nSPS) is 10.7. The van der Waals surface area contributed by atoms with Crippen LogP contribution in [-0.4, -0.2) is 32.3 Å². The molecule has 0 aliphatic carbocycles. The van der Waals surface area contributed by atoms with Crippen LogP contribution >= 0.6 is 11.8 Å². The number of thioether (sulfide) groups is 1. The van der Waals surface area contributed by atoms with Gasteiger partial charge in [0.2, 0.25) is 11.8 Å². The van der Waals surface area contributed by atoms with Gasteiger partial charge < -0.3 is 15.2 Å². The van der Waals surface area contributed by atoms with Crippen molar-refractivity contribution in [3.05, 3.63) is 77.1 Å². The van der Waals surface area contributed by atoms with E-state index in [9.17, 15) is 9.59 Å². The highest BCUT2D eigenvalue weighted by molar-refractivity contribution is 7.99. The molecule has 0 atom stereocenters. The molecule has 3 aromatic rings. The highest BCUT2D eigenvalue weighted by Crippen LogP contribution is 2.22. The summed E-state index contributed by atoms with van der Waals surface area (Å²) in [6, 6.07) is 11.8. The van der Waals surface area contributed by atoms with Crippen molar-refractivity contribution in [3.63, 3.8) is 0 Å². The molecule has 172 valence electrons. The van der Waals surface area contributed by atoms with Gasteiger partial charge in [0.25, 0.3) is 0 Å². The molecule has 0 aliphatic heterocycles. The first kappa shape index (κ1) is 24.3. The first-order valence-corrected chi connectivity index (χ1v) is 11.7. The van der Waals surface area contributed by atoms with Crippen LogP contribution < -0.4 is 10.6 Å². The minimum atomic E-state index is -0.177. The number of benzene rings is 2. The second-order valence-corrected chi connectivity index (χ2v) is 8.89. The predicted octanol–water partition coefficient (Wildman–Crippen LogP) is 4.61. The second kappa shape index (κ2) is 11.0. The topological polar surface area (TPSA) is 88.9 Å². The number of rotatable bonds is 9. The maximum absolute atomic E-state index is 12.6. The van der Waals surface area contributed by atoms with Crippen molar-refractivity contribution in [2.45, 2.75) is 45.8 Å². The Bertz CT molecular complexity index is 1170. The van der Waals surface area contributed by atoms with Gasteiger partial charge in [0.15, 0.2) is 5.16 Å². The van der Waals surface area contributed by atoms with E-state index in [1.807, 2.05) is 68.7 Å². The number of amides is 2. The molecule has 2 amide bonds. The number of carbonyl (C=O) groups is 2. The molecule has 2 aromatic carbocycles. The summed E-state index contributed by atoms with van der Waals surface area (Å²) in [4.78, 5) is 25.2. The van der Waals surface area contributed by atoms with Gasteiger partial charge in [-0.1, -0.05) is 53.7 Å². The van der Waals surface area contributed by atoms with E-state index in [1.54, 1.807) is 6.08 Å². The summed E-state index contributed by atoms with van der Waals surface area (Å²) >= 11 is 1.28. The number of aromatic nitrogens is 3. The van der Waals surface area contributed by atoms with E-state index in [2.05, 4.69) is 27.4 Å². The van der Waals surface area contributed by atoms with Crippen LogP contribution in [0.4, 0.5) is 11.4 Å². The lowest BCUT2D eigenvalue weighted by Gasteiger charge is -2.12. The summed E-state index contributed by atoms with van der Waals surface area (Å²) in [5, 5.41) is 14.9. The molecule has 0 spiro atoms. The molecule has 0 bridgehead atoms. The Labute approximate surface area is 198 Å². The fraction of sp³-hybridized carbons (Fsp3) is 0.280. The minimum absolute atomic E-state index is 0.0727. The molecule has 0 saturated heterocycles. The van der Waals surface area contributed by atoms with Crippen molar-refractivity contribution < 1.29 is 9.59 Å². The molecule has 3 rings (SSSR count). The lowest BCUT2D eigenvalue weighted by Crippen LogP contribution is -2.19. The highest BCUT2D eigenvalue weighted by atomic mass is 32.2. The molecule has 33 heavy (non-hydrogen) atoms. The van der Waals surface area contributed by atoms with Gasteiger partial charge in [-0.05, 0) is 50.5 Å². The van der Waals surface area contributed by atoms with Crippen LogP contribution in [0.3, 0.4) is 0 Å². The molecule has 0 radical (unpaired) electrons. The Kier molecular flexibility index (Phi) is 8.06. The summed E-state index contributed by atoms with van der Waals surface area (Å²) < 4.78 is 1.81. The van der Waals surface area contributed by atoms with E-state index in [0.717, 1.165) is 33.6 Å². The SMILES string of the molecule is C=CCn1c(CC(=O)Nc2ccc(C)cc2C)nnc1SCC(=O)Nc1c(C)cccc1C. The Morgan fingerprint density at radius 3 is 2.39 bits per heavy atom. The van der Waals surface area contributed by atoms with Crippen LogP contribution in [0.15, 0.2) is 54.2 Å². The second-order valence-electron chi connectivity index (χ2n) is 7.95. The zero-order valence-electron chi connectivity index (χ0n) is 19.4. The van der Waals surface area contributed by atoms with Gasteiger partial charge in [-0.2, -0.15) is 0 Å². The van der Waals surface area contributed by atoms with E-state index in [4.69, 9.17) is 0 Å². The smallest absolute Gasteiger partial charge is 0.234 e. The zero-order chi connectivity index (χ0) is 24.0. The van der Waals surface area contributed by atoms with E-state index >= 15 is 0 Å². The maximum Gasteiger partial charge on any atom is 0.234 e. The van der Waals surface area contributed by atoms with Crippen LogP contribution in [0.5, 0.6) is 0 Å². The number of carbonyl (C=O) groups excluding carboxylic acids is 2. The number of nitrogens with zero attached hydrogens (tertiary/aromatic N) is 3. The van der Waals surface area contributed by atoms with Gasteiger partial charge in [0, 0.05) is 17.9 Å². The molecular weight excluding hydrogens is 434 g/mol. The monoisotopic (exact) mass is 463 g/mol. The van der Waals surface area contributed by atoms with Gasteiger partial charge in [-0.25, -0.2) is 0 Å². The van der Waals surface area contributed by atoms with Gasteiger partial charge in [0.1, 0.15) is 5.82 Å². The Morgan fingerprint density at radius 2 is 1.73 bits per heavy atom. The van der Waals surface area contributed by atoms with Gasteiger partial charge >= 0.3 is 0 Å². The number of hydrogen-bond acceptors (Lipinski definition) is 5. The molecule has 1 aromatic heterocycles. The van der Waals surface area contributed by atoms with Crippen LogP contribution in [0.25, 0.3) is 0 Å². The first-order valence-electron chi connectivity index (χ1n) is 10.7. The molecule has 8 heteroatoms. The molecule has 1 heterocycles. The molecule has 0 aliphatic rings. The van der Waals surface area contributed by atoms with Crippen molar-refractivity contribution >= 4 is 35.0 Å². The van der Waals surface area contributed by atoms with Crippen LogP contribution in [0.1, 0.15) is 28.1 Å². The Morgan fingerprint density at radius 1 is 1.00 bits per heavy atom. The lowest BCUT2D eigenvalue weighted by atomic mass is 10.1. The maximum atomic E-state index is 12.6. The fourth-order valence-corrected chi connectivity index (χ4v) is 4.24. The number of hydrogen-bond donors (Lipinski definition) is 2. The summed E-state index contributed by atoms with van der Waals surface area (Å²) in [6.07, 6.45) is 1.79. The average Bonchev–Trinajstić information content (AvgIpc) is 3.13. The minimum Gasteiger partial charge on any atom is -0.325 e. The summed E-state index contributed by atoms with van der Waals surface area (Å²) in [5.74, 6) is 0.399. The number of nitrogens with one attached hydrogen (secondary N) is 2. The third-order valence-electron chi connectivity index (χ3n) is 5.16. The van der Waals surface area contributed by atoms with E-state index < -0.39 is 0 Å². The van der Waals surface area contributed by atoms with Gasteiger partial charge in [-0.3, -0.25) is 9.59 Å². The molecule has 0 fully saturated rings. The van der Waals surface area contributed by atoms with Crippen LogP contribution in [0, 0.1) is 27.7 Å². The van der Waals surface area contributed by atoms with Gasteiger partial charge in [-0.15, -0.1) is 16.8 Å². The van der Waals surface area contributed by atoms with E-state index in [-0.39, 0.29) is 24.0 Å². The van der Waals surface area contributed by atoms with E-state index in [0.29, 0.717) is 17.5 Å². The Balaban J connectivity index is 1.65. The molecule has 0 unspecified atom stereocenters. The number of anilines is 2. The van der Waals surface area contributed by atoms with Crippen LogP contribution in [-0.2, 0) is 22.6 Å². The van der Waals surface area contributed by atoms with Crippen LogP contribution in [0.2, 0.25) is 0 Å². The number of allylic oxidation sites excluding steroid dienone is 1. The van der Waals surface area contributed by atoms with Crippen molar-refractivity contribution in [3.8, 4) is 0 Å². The molecular formula is C25H29N5O2S. The highest BCUT2D eigenvalue weighted by Gasteiger charge is 2.17. The average molecular weight is 464 g/mol. The number of aryl methyl sites for hydroxylation is 4. The summed E-state index contributed by atoms with van der Waals surface area (Å²) in [5.41, 5.74) is 5.78. The standard InChI is InChI=1S/C25H29N5O2S/c1-6-12-30-21(14-22(31)26-20-11-10-16(2)13-19(20)5)28-29-25(30)33-15-23(32)27-24-17(3)8-7-9-18(24)4/h6-11,13H,1,12,14-15H2,2-5H3,(H,26,31)(H,27,32). The third kappa shape index (κ3) is 6.32. The largest absolute Gasteiger partial charge is 0.325 e. The van der Waals surface area contributed by atoms with E-state index in [1.165, 1.54) is 11.8 Å². The van der Waals surface area contributed by atoms with Crippen molar-refractivity contribution in [1.82, 2.24) is 14.8 Å². The molecule has 7 nitrogen and oxygen atoms in total. The van der Waals surface area contributed by atoms with Crippen molar-refractivity contribution in [2.75, 3.05) is 16.4 Å². The van der Waals surface area contributed by atoms with Crippen molar-refractivity contribution in [2.24, 2.45) is 0 Å². The molecule has 0 saturated carbocycles.